The van der Waals surface area contributed by atoms with Crippen LogP contribution in [0.2, 0.25) is 0 Å². The molecule has 1 N–H and O–H groups in total. The number of ketones is 1. The Labute approximate surface area is 343 Å². The number of sulfonamides is 1. The third-order valence-corrected chi connectivity index (χ3v) is 13.6. The summed E-state index contributed by atoms with van der Waals surface area (Å²) in [4.78, 5) is 62.8. The summed E-state index contributed by atoms with van der Waals surface area (Å²) < 4.78 is 148. The highest BCUT2D eigenvalue weighted by atomic mass is 32.2. The van der Waals surface area contributed by atoms with E-state index in [1.807, 2.05) is 6.92 Å². The van der Waals surface area contributed by atoms with Crippen LogP contribution in [0.4, 0.5) is 17.6 Å². The molecule has 7 atom stereocenters. The van der Waals surface area contributed by atoms with Crippen molar-refractivity contribution >= 4 is 44.4 Å². The van der Waals surface area contributed by atoms with Crippen molar-refractivity contribution in [3.05, 3.63) is 42.4 Å². The van der Waals surface area contributed by atoms with Crippen molar-refractivity contribution in [1.29, 1.82) is 0 Å². The summed E-state index contributed by atoms with van der Waals surface area (Å²) in [6.07, 6.45) is -2.28. The third-order valence-electron chi connectivity index (χ3n) is 11.8. The number of fused-ring (bicyclic) bond motifs is 3. The van der Waals surface area contributed by atoms with Crippen LogP contribution in [0.1, 0.15) is 100.0 Å². The lowest BCUT2D eigenvalue weighted by Gasteiger charge is -2.34. The number of benzene rings is 1. The van der Waals surface area contributed by atoms with Gasteiger partial charge in [-0.3, -0.25) is 23.9 Å². The minimum absolute atomic E-state index is 0.102. The number of halogens is 4. The Bertz CT molecular complexity index is 2260. The predicted octanol–water partition coefficient (Wildman–Crippen LogP) is 6.60. The van der Waals surface area contributed by atoms with E-state index in [0.29, 0.717) is 31.1 Å². The number of carbonyl (C=O) groups is 4. The summed E-state index contributed by atoms with van der Waals surface area (Å²) in [5, 5.41) is -0.190. The molecule has 6 rings (SSSR count). The summed E-state index contributed by atoms with van der Waals surface area (Å²) in [6.45, 7) is -5.79. The average molecular weight is 844 g/mol. The van der Waals surface area contributed by atoms with Gasteiger partial charge in [0, 0.05) is 26.5 Å². The van der Waals surface area contributed by atoms with E-state index in [2.05, 4.69) is 14.4 Å². The Kier molecular flexibility index (Phi) is 10.1. The maximum Gasteiger partial charge on any atom is 0.427 e. The number of hydrogen-bond acceptors (Lipinski definition) is 10. The molecule has 2 aliphatic carbocycles. The highest BCUT2D eigenvalue weighted by Crippen LogP contribution is 2.57. The molecule has 3 heterocycles. The van der Waals surface area contributed by atoms with E-state index in [0.717, 1.165) is 11.0 Å². The number of pyridine rings is 1. The van der Waals surface area contributed by atoms with Gasteiger partial charge in [0.2, 0.25) is 33.3 Å². The third kappa shape index (κ3) is 9.13. The first kappa shape index (κ1) is 35.6. The number of nitrogens with one attached hydrogen (secondary N) is 1. The maximum absolute atomic E-state index is 15.1. The quantitative estimate of drug-likeness (QED) is 0.157. The number of rotatable bonds is 10. The fourth-order valence-electron chi connectivity index (χ4n) is 8.27. The first-order chi connectivity index (χ1) is 29.7. The second-order valence-corrected chi connectivity index (χ2v) is 18.0. The van der Waals surface area contributed by atoms with Gasteiger partial charge < -0.3 is 19.1 Å². The number of nitrogens with zero attached hydrogens (tertiary/aromatic N) is 2. The summed E-state index contributed by atoms with van der Waals surface area (Å²) in [6, 6.07) is 2.31. The smallest absolute Gasteiger partial charge is 0.427 e. The standard InChI is InChI=1S/C41H51F4N3O9S/c1-6-24-15-23(2)9-7-8-10-25-19-40(25,38(52)47-58(53,54)28-12-13-28)20-33(49)32-17-27(56-36-31-16-26(42)11-14-29(31)34(55-5)21-46-36)22-48(32)37(51)30(24)18-35(50)57-39(3,4)41(43,44)45/h8,10-11,14,16,21,23-25,27-28,30,32H,6-7,9,12-13,15,17-20,22H2,1-5H3,(H,47,52)/b10-8-/t23-,24+,25+,27+,30-,32-,40+/m0/s1/i3D3,4D3. The largest absolute Gasteiger partial charge is 0.494 e. The SMILES string of the molecule is [2H]C([2H])([2H])C(OC(=O)C[C@@H]1C(=O)N2C[C@H](Oc3ncc(OC)c4ccc(F)cc34)C[C@H]2C(=O)C[C@]2(C(=O)NS(=O)(=O)C3CC3)C[C@H]2/C=C\CC[C@H](C)C[C@H]1CC)(C([2H])([2H])[2H])C(F)(F)F. The zero-order valence-electron chi connectivity index (χ0n) is 38.3. The minimum atomic E-state index is -6.13. The highest BCUT2D eigenvalue weighted by molar-refractivity contribution is 7.90. The second kappa shape index (κ2) is 16.4. The van der Waals surface area contributed by atoms with E-state index in [4.69, 9.17) is 17.7 Å². The number of methoxy groups -OCH3 is 1. The lowest BCUT2D eigenvalue weighted by atomic mass is 9.79. The minimum Gasteiger partial charge on any atom is -0.494 e. The van der Waals surface area contributed by atoms with Crippen molar-refractivity contribution in [2.24, 2.45) is 29.1 Å². The molecule has 1 saturated heterocycles. The Hall–Kier alpha value is -4.28. The van der Waals surface area contributed by atoms with E-state index in [-0.39, 0.29) is 48.6 Å². The lowest BCUT2D eigenvalue weighted by molar-refractivity contribution is -0.257. The summed E-state index contributed by atoms with van der Waals surface area (Å²) >= 11 is 0. The van der Waals surface area contributed by atoms with Gasteiger partial charge in [-0.15, -0.1) is 0 Å². The number of alkyl halides is 3. The molecule has 17 heteroatoms. The zero-order valence-corrected chi connectivity index (χ0v) is 33.1. The maximum atomic E-state index is 15.1. The van der Waals surface area contributed by atoms with Crippen molar-refractivity contribution < 1.29 is 67.6 Å². The monoisotopic (exact) mass is 843 g/mol. The van der Waals surface area contributed by atoms with Crippen molar-refractivity contribution in [3.63, 3.8) is 0 Å². The van der Waals surface area contributed by atoms with Crippen molar-refractivity contribution in [1.82, 2.24) is 14.6 Å². The molecule has 2 amide bonds. The van der Waals surface area contributed by atoms with Gasteiger partial charge in [0.25, 0.3) is 0 Å². The fourth-order valence-corrected chi connectivity index (χ4v) is 9.66. The molecular weight excluding hydrogens is 787 g/mol. The van der Waals surface area contributed by atoms with E-state index in [1.165, 1.54) is 25.4 Å². The molecule has 0 unspecified atom stereocenters. The van der Waals surface area contributed by atoms with E-state index < -0.39 is 125 Å². The molecule has 318 valence electrons. The van der Waals surface area contributed by atoms with Gasteiger partial charge in [0.1, 0.15) is 17.7 Å². The van der Waals surface area contributed by atoms with Crippen LogP contribution in [0.25, 0.3) is 10.8 Å². The molecule has 2 aromatic rings. The van der Waals surface area contributed by atoms with E-state index in [9.17, 15) is 40.4 Å². The molecule has 58 heavy (non-hydrogen) atoms. The summed E-state index contributed by atoms with van der Waals surface area (Å²) in [7, 11) is -2.67. The molecule has 2 saturated carbocycles. The number of esters is 1. The van der Waals surface area contributed by atoms with Crippen molar-refractivity contribution in [2.75, 3.05) is 13.7 Å². The molecule has 2 aliphatic heterocycles. The fraction of sp³-hybridized carbons (Fsp3) is 0.634. The molecular formula is C41H51F4N3O9S. The van der Waals surface area contributed by atoms with Gasteiger partial charge in [-0.25, -0.2) is 17.8 Å². The molecule has 12 nitrogen and oxygen atoms in total. The Morgan fingerprint density at radius 1 is 1.12 bits per heavy atom. The summed E-state index contributed by atoms with van der Waals surface area (Å²) in [5.41, 5.74) is -6.49. The van der Waals surface area contributed by atoms with Gasteiger partial charge in [0.05, 0.1) is 54.3 Å². The number of ether oxygens (including phenoxy) is 3. The van der Waals surface area contributed by atoms with Crippen LogP contribution in [0.5, 0.6) is 11.6 Å². The Balaban J connectivity index is 1.41. The zero-order chi connectivity index (χ0) is 47.4. The Morgan fingerprint density at radius 3 is 2.52 bits per heavy atom. The molecule has 1 aromatic heterocycles. The predicted molar refractivity (Wildman–Crippen MR) is 203 cm³/mol. The van der Waals surface area contributed by atoms with Crippen LogP contribution < -0.4 is 14.2 Å². The number of aromatic nitrogens is 1. The first-order valence-electron chi connectivity index (χ1n) is 22.3. The van der Waals surface area contributed by atoms with Crippen molar-refractivity contribution in [2.45, 2.75) is 121 Å². The Morgan fingerprint density at radius 2 is 1.86 bits per heavy atom. The molecule has 0 bridgehead atoms. The lowest BCUT2D eigenvalue weighted by Crippen LogP contribution is -2.48. The highest BCUT2D eigenvalue weighted by Gasteiger charge is 2.62. The number of hydrogen-bond donors (Lipinski definition) is 1. The number of Topliss-reactive ketones (excluding diaryl/α,β-unsaturated/α-hetero) is 1. The van der Waals surface area contributed by atoms with Gasteiger partial charge in [-0.2, -0.15) is 13.2 Å². The van der Waals surface area contributed by atoms with Crippen LogP contribution in [-0.2, 0) is 33.9 Å². The molecule has 4 aliphatic rings. The van der Waals surface area contributed by atoms with E-state index in [1.54, 1.807) is 19.1 Å². The average Bonchev–Trinajstić information content (AvgIpc) is 4.12. The molecule has 0 spiro atoms. The van der Waals surface area contributed by atoms with Crippen LogP contribution in [0.3, 0.4) is 0 Å². The van der Waals surface area contributed by atoms with Gasteiger partial charge in [0.15, 0.2) is 5.78 Å². The number of carbonyl (C=O) groups excluding carboxylic acids is 4. The van der Waals surface area contributed by atoms with Crippen LogP contribution >= 0.6 is 0 Å². The second-order valence-electron chi connectivity index (χ2n) is 16.1. The van der Waals surface area contributed by atoms with Crippen LogP contribution in [0.15, 0.2) is 36.5 Å². The first-order valence-corrected chi connectivity index (χ1v) is 20.9. The van der Waals surface area contributed by atoms with Crippen molar-refractivity contribution in [3.8, 4) is 11.6 Å². The number of amides is 2. The molecule has 0 radical (unpaired) electrons. The normalized spacial score (nSPS) is 31.1. The van der Waals surface area contributed by atoms with Crippen LogP contribution in [0, 0.1) is 34.9 Å². The van der Waals surface area contributed by atoms with Gasteiger partial charge in [-0.1, -0.05) is 32.4 Å². The molecule has 1 aromatic carbocycles. The number of allylic oxidation sites excluding steroid dienone is 2. The topological polar surface area (TPSA) is 158 Å². The molecule has 3 fully saturated rings. The van der Waals surface area contributed by atoms with Gasteiger partial charge >= 0.3 is 12.1 Å². The van der Waals surface area contributed by atoms with Gasteiger partial charge in [-0.05, 0) is 88.2 Å². The van der Waals surface area contributed by atoms with Crippen LogP contribution in [-0.4, -0.2) is 84.7 Å². The van der Waals surface area contributed by atoms with E-state index >= 15 is 4.79 Å². The summed E-state index contributed by atoms with van der Waals surface area (Å²) in [5.74, 6) is -8.14.